The molecule has 1 saturated carbocycles. The van der Waals surface area contributed by atoms with Crippen LogP contribution in [-0.4, -0.2) is 67.8 Å². The quantitative estimate of drug-likeness (QED) is 0.304. The Hall–Kier alpha value is -4.05. The van der Waals surface area contributed by atoms with Crippen molar-refractivity contribution < 1.29 is 35.9 Å². The van der Waals surface area contributed by atoms with Crippen LogP contribution < -0.4 is 9.80 Å². The summed E-state index contributed by atoms with van der Waals surface area (Å²) in [6.45, 7) is 1.89. The number of nitriles is 1. The summed E-state index contributed by atoms with van der Waals surface area (Å²) in [7, 11) is 1.74. The molecule has 0 N–H and O–H groups in total. The first-order valence-corrected chi connectivity index (χ1v) is 14.3. The number of anilines is 2. The molecule has 1 amide bonds. The van der Waals surface area contributed by atoms with Crippen molar-refractivity contribution in [2.45, 2.75) is 50.2 Å². The number of rotatable bonds is 6. The molecule has 1 aliphatic heterocycles. The van der Waals surface area contributed by atoms with Gasteiger partial charge in [0.05, 0.1) is 34.4 Å². The number of amides is 1. The minimum atomic E-state index is -4.62. The SMILES string of the molecule is CN(c1ccc(C#N)c(C(F)(F)F)c1)[C@H]1CC[C@H](OCC(=O)N2CCN(c3ccc4cc(C(F)(F)F)ccc4n3)CC2)CC1. The number of hydrogen-bond acceptors (Lipinski definition) is 6. The fraction of sp³-hybridized carbons (Fsp3) is 0.452. The third-order valence-electron chi connectivity index (χ3n) is 8.43. The Morgan fingerprint density at radius 1 is 0.955 bits per heavy atom. The Bertz CT molecular complexity index is 1540. The minimum Gasteiger partial charge on any atom is -0.372 e. The summed E-state index contributed by atoms with van der Waals surface area (Å²) in [6.07, 6.45) is -6.47. The number of hydrogen-bond donors (Lipinski definition) is 0. The Balaban J connectivity index is 1.08. The van der Waals surface area contributed by atoms with E-state index in [-0.39, 0.29) is 24.7 Å². The number of ether oxygens (including phenoxy) is 1. The zero-order valence-corrected chi connectivity index (χ0v) is 24.0. The molecule has 2 heterocycles. The fourth-order valence-electron chi connectivity index (χ4n) is 5.83. The van der Waals surface area contributed by atoms with Crippen LogP contribution in [0.2, 0.25) is 0 Å². The van der Waals surface area contributed by atoms with Gasteiger partial charge in [0.1, 0.15) is 12.4 Å². The van der Waals surface area contributed by atoms with Gasteiger partial charge >= 0.3 is 12.4 Å². The van der Waals surface area contributed by atoms with Crippen LogP contribution in [0.5, 0.6) is 0 Å². The van der Waals surface area contributed by atoms with Crippen LogP contribution in [0.25, 0.3) is 10.9 Å². The normalized spacial score (nSPS) is 19.6. The molecule has 0 unspecified atom stereocenters. The maximum atomic E-state index is 13.4. The van der Waals surface area contributed by atoms with Crippen molar-refractivity contribution in [2.24, 2.45) is 0 Å². The smallest absolute Gasteiger partial charge is 0.372 e. The molecule has 0 radical (unpaired) electrons. The van der Waals surface area contributed by atoms with E-state index in [4.69, 9.17) is 10.00 Å². The van der Waals surface area contributed by atoms with Crippen LogP contribution in [-0.2, 0) is 21.9 Å². The fourth-order valence-corrected chi connectivity index (χ4v) is 5.83. The largest absolute Gasteiger partial charge is 0.417 e. The first kappa shape index (κ1) is 31.4. The number of halogens is 6. The lowest BCUT2D eigenvalue weighted by Crippen LogP contribution is -2.50. The number of pyridine rings is 1. The second-order valence-corrected chi connectivity index (χ2v) is 11.1. The van der Waals surface area contributed by atoms with Gasteiger partial charge in [0.25, 0.3) is 0 Å². The molecule has 0 spiro atoms. The van der Waals surface area contributed by atoms with E-state index >= 15 is 0 Å². The summed E-state index contributed by atoms with van der Waals surface area (Å²) in [6, 6.07) is 12.1. The highest BCUT2D eigenvalue weighted by atomic mass is 19.4. The van der Waals surface area contributed by atoms with Crippen LogP contribution >= 0.6 is 0 Å². The zero-order valence-electron chi connectivity index (χ0n) is 24.0. The van der Waals surface area contributed by atoms with E-state index in [0.29, 0.717) is 74.3 Å². The number of carbonyl (C=O) groups excluding carboxylic acids is 1. The summed E-state index contributed by atoms with van der Waals surface area (Å²) >= 11 is 0. The van der Waals surface area contributed by atoms with Gasteiger partial charge in [0.2, 0.25) is 5.91 Å². The first-order chi connectivity index (χ1) is 20.8. The monoisotopic (exact) mass is 619 g/mol. The van der Waals surface area contributed by atoms with E-state index in [1.165, 1.54) is 18.2 Å². The Morgan fingerprint density at radius 2 is 1.66 bits per heavy atom. The van der Waals surface area contributed by atoms with Crippen LogP contribution in [0, 0.1) is 11.3 Å². The van der Waals surface area contributed by atoms with Crippen LogP contribution in [0.15, 0.2) is 48.5 Å². The Morgan fingerprint density at radius 3 is 2.30 bits per heavy atom. The number of fused-ring (bicyclic) bond motifs is 1. The van der Waals surface area contributed by atoms with Crippen molar-refractivity contribution in [1.82, 2.24) is 9.88 Å². The van der Waals surface area contributed by atoms with Gasteiger partial charge in [-0.2, -0.15) is 31.6 Å². The number of benzene rings is 2. The van der Waals surface area contributed by atoms with E-state index in [1.807, 2.05) is 4.90 Å². The van der Waals surface area contributed by atoms with Crippen LogP contribution in [0.1, 0.15) is 42.4 Å². The van der Waals surface area contributed by atoms with E-state index in [9.17, 15) is 31.1 Å². The average molecular weight is 620 g/mol. The number of carbonyl (C=O) groups is 1. The molecule has 13 heteroatoms. The van der Waals surface area contributed by atoms with Crippen molar-refractivity contribution in [3.8, 4) is 6.07 Å². The molecule has 2 fully saturated rings. The molecule has 1 aromatic heterocycles. The zero-order chi connectivity index (χ0) is 31.6. The van der Waals surface area contributed by atoms with E-state index in [2.05, 4.69) is 4.98 Å². The molecular formula is C31H31F6N5O2. The third kappa shape index (κ3) is 7.01. The molecule has 1 aliphatic carbocycles. The molecule has 2 aliphatic rings. The van der Waals surface area contributed by atoms with Gasteiger partial charge in [-0.3, -0.25) is 4.79 Å². The lowest BCUT2D eigenvalue weighted by atomic mass is 9.91. The molecule has 234 valence electrons. The molecule has 2 aromatic carbocycles. The van der Waals surface area contributed by atoms with E-state index in [1.54, 1.807) is 35.0 Å². The minimum absolute atomic E-state index is 0.00283. The molecule has 0 bridgehead atoms. The summed E-state index contributed by atoms with van der Waals surface area (Å²) in [4.78, 5) is 22.9. The van der Waals surface area contributed by atoms with Gasteiger partial charge in [0.15, 0.2) is 0 Å². The highest BCUT2D eigenvalue weighted by Crippen LogP contribution is 2.36. The molecule has 5 rings (SSSR count). The van der Waals surface area contributed by atoms with Crippen LogP contribution in [0.3, 0.4) is 0 Å². The van der Waals surface area contributed by atoms with E-state index < -0.39 is 29.0 Å². The molecule has 44 heavy (non-hydrogen) atoms. The molecule has 3 aromatic rings. The number of alkyl halides is 6. The lowest BCUT2D eigenvalue weighted by molar-refractivity contribution is -0.139. The molecular weight excluding hydrogens is 588 g/mol. The lowest BCUT2D eigenvalue weighted by Gasteiger charge is -2.37. The molecule has 1 saturated heterocycles. The average Bonchev–Trinajstić information content (AvgIpc) is 3.02. The molecule has 7 nitrogen and oxygen atoms in total. The third-order valence-corrected chi connectivity index (χ3v) is 8.43. The maximum absolute atomic E-state index is 13.4. The number of aromatic nitrogens is 1. The predicted molar refractivity (Wildman–Crippen MR) is 152 cm³/mol. The Kier molecular flexibility index (Phi) is 8.92. The van der Waals surface area contributed by atoms with E-state index in [0.717, 1.165) is 18.2 Å². The highest BCUT2D eigenvalue weighted by Gasteiger charge is 2.35. The van der Waals surface area contributed by atoms with Crippen LogP contribution in [0.4, 0.5) is 37.8 Å². The summed E-state index contributed by atoms with van der Waals surface area (Å²) in [5.74, 6) is 0.505. The van der Waals surface area contributed by atoms with Crippen molar-refractivity contribution in [1.29, 1.82) is 5.26 Å². The summed E-state index contributed by atoms with van der Waals surface area (Å²) in [5.41, 5.74) is -1.22. The number of piperazine rings is 1. The van der Waals surface area contributed by atoms with Gasteiger partial charge in [-0.1, -0.05) is 0 Å². The van der Waals surface area contributed by atoms with Gasteiger partial charge in [0, 0.05) is 50.3 Å². The van der Waals surface area contributed by atoms with Gasteiger partial charge in [-0.05, 0) is 74.2 Å². The maximum Gasteiger partial charge on any atom is 0.417 e. The highest BCUT2D eigenvalue weighted by molar-refractivity contribution is 5.81. The standard InChI is InChI=1S/C31H31F6N5O2/c1-40(24-5-2-21(18-38)26(17-24)31(35,36)37)23-6-8-25(9-7-23)44-19-29(43)42-14-12-41(13-15-42)28-11-3-20-16-22(30(32,33)34)4-10-27(20)39-28/h2-5,10-11,16-17,23,25H,6-9,12-15,19H2,1H3/t23-,25-. The van der Waals surface area contributed by atoms with Crippen molar-refractivity contribution >= 4 is 28.3 Å². The van der Waals surface area contributed by atoms with Gasteiger partial charge in [-0.15, -0.1) is 0 Å². The first-order valence-electron chi connectivity index (χ1n) is 14.3. The van der Waals surface area contributed by atoms with Crippen molar-refractivity contribution in [3.63, 3.8) is 0 Å². The van der Waals surface area contributed by atoms with Gasteiger partial charge < -0.3 is 19.4 Å². The second kappa shape index (κ2) is 12.5. The summed E-state index contributed by atoms with van der Waals surface area (Å²) in [5, 5.41) is 9.45. The second-order valence-electron chi connectivity index (χ2n) is 11.1. The van der Waals surface area contributed by atoms with Crippen molar-refractivity contribution in [2.75, 3.05) is 49.6 Å². The predicted octanol–water partition coefficient (Wildman–Crippen LogP) is 6.26. The molecule has 0 atom stereocenters. The topological polar surface area (TPSA) is 72.7 Å². The Labute approximate surface area is 250 Å². The number of nitrogens with zero attached hydrogens (tertiary/aromatic N) is 5. The van der Waals surface area contributed by atoms with Gasteiger partial charge in [-0.25, -0.2) is 4.98 Å². The van der Waals surface area contributed by atoms with Crippen molar-refractivity contribution in [3.05, 3.63) is 65.2 Å². The summed E-state index contributed by atoms with van der Waals surface area (Å²) < 4.78 is 85.1.